The van der Waals surface area contributed by atoms with Gasteiger partial charge in [0.1, 0.15) is 5.75 Å². The Morgan fingerprint density at radius 1 is 1.23 bits per heavy atom. The minimum Gasteiger partial charge on any atom is -0.493 e. The van der Waals surface area contributed by atoms with E-state index in [2.05, 4.69) is 5.32 Å². The molecule has 1 unspecified atom stereocenters. The molecule has 0 radical (unpaired) electrons. The highest BCUT2D eigenvalue weighted by atomic mass is 16.5. The fourth-order valence-electron chi connectivity index (χ4n) is 4.77. The molecule has 1 atom stereocenters. The van der Waals surface area contributed by atoms with E-state index in [1.807, 2.05) is 23.1 Å². The van der Waals surface area contributed by atoms with Gasteiger partial charge >= 0.3 is 0 Å². The highest BCUT2D eigenvalue weighted by Gasteiger charge is 2.20. The standard InChI is InChI=1S/C25H38N2O4/c1-19(28)18-27(16-6-10-20-8-3-2-4-9-20)25(30)13-7-17-31-23-12-5-11-22-21(23)14-15-24(29)26-22/h5,11-12,19-20,28H,2-4,6-10,13-18H2,1H3,(H,26,29). The van der Waals surface area contributed by atoms with Gasteiger partial charge in [-0.3, -0.25) is 9.59 Å². The summed E-state index contributed by atoms with van der Waals surface area (Å²) < 4.78 is 5.94. The molecular weight excluding hydrogens is 392 g/mol. The van der Waals surface area contributed by atoms with Gasteiger partial charge < -0.3 is 20.1 Å². The zero-order valence-electron chi connectivity index (χ0n) is 18.9. The SMILES string of the molecule is CC(O)CN(CCCC1CCCCC1)C(=O)CCCOc1cccc2c1CCC(=O)N2. The number of rotatable bonds is 11. The molecule has 6 nitrogen and oxygen atoms in total. The molecule has 172 valence electrons. The lowest BCUT2D eigenvalue weighted by Gasteiger charge is -2.26. The van der Waals surface area contributed by atoms with Crippen molar-refractivity contribution in [2.75, 3.05) is 25.0 Å². The van der Waals surface area contributed by atoms with Gasteiger partial charge in [-0.05, 0) is 50.7 Å². The van der Waals surface area contributed by atoms with Crippen molar-refractivity contribution >= 4 is 17.5 Å². The van der Waals surface area contributed by atoms with Crippen molar-refractivity contribution in [3.8, 4) is 5.75 Å². The van der Waals surface area contributed by atoms with Crippen molar-refractivity contribution < 1.29 is 19.4 Å². The number of fused-ring (bicyclic) bond motifs is 1. The van der Waals surface area contributed by atoms with Crippen LogP contribution < -0.4 is 10.1 Å². The van der Waals surface area contributed by atoms with Crippen molar-refractivity contribution in [1.82, 2.24) is 4.90 Å². The van der Waals surface area contributed by atoms with Gasteiger partial charge in [-0.15, -0.1) is 0 Å². The summed E-state index contributed by atoms with van der Waals surface area (Å²) in [7, 11) is 0. The van der Waals surface area contributed by atoms with Crippen LogP contribution in [0.4, 0.5) is 5.69 Å². The maximum absolute atomic E-state index is 12.8. The third-order valence-electron chi connectivity index (χ3n) is 6.40. The number of nitrogens with one attached hydrogen (secondary N) is 1. The molecule has 1 aliphatic heterocycles. The van der Waals surface area contributed by atoms with E-state index in [-0.39, 0.29) is 11.8 Å². The number of benzene rings is 1. The average Bonchev–Trinajstić information content (AvgIpc) is 2.76. The number of anilines is 1. The summed E-state index contributed by atoms with van der Waals surface area (Å²) in [5.74, 6) is 1.73. The summed E-state index contributed by atoms with van der Waals surface area (Å²) in [6.45, 7) is 3.33. The van der Waals surface area contributed by atoms with E-state index in [4.69, 9.17) is 4.74 Å². The zero-order chi connectivity index (χ0) is 22.1. The van der Waals surface area contributed by atoms with E-state index < -0.39 is 6.10 Å². The van der Waals surface area contributed by atoms with Crippen molar-refractivity contribution in [3.63, 3.8) is 0 Å². The van der Waals surface area contributed by atoms with Gasteiger partial charge in [0, 0.05) is 37.2 Å². The van der Waals surface area contributed by atoms with E-state index in [9.17, 15) is 14.7 Å². The number of aliphatic hydroxyl groups is 1. The van der Waals surface area contributed by atoms with Crippen molar-refractivity contribution in [2.45, 2.75) is 83.7 Å². The lowest BCUT2D eigenvalue weighted by Crippen LogP contribution is -2.37. The first-order valence-corrected chi connectivity index (χ1v) is 12.0. The maximum Gasteiger partial charge on any atom is 0.224 e. The smallest absolute Gasteiger partial charge is 0.224 e. The van der Waals surface area contributed by atoms with Gasteiger partial charge in [0.25, 0.3) is 0 Å². The summed E-state index contributed by atoms with van der Waals surface area (Å²) in [5, 5.41) is 12.7. The summed E-state index contributed by atoms with van der Waals surface area (Å²) in [6.07, 6.45) is 10.6. The first kappa shape index (κ1) is 23.6. The average molecular weight is 431 g/mol. The van der Waals surface area contributed by atoms with E-state index >= 15 is 0 Å². The monoisotopic (exact) mass is 430 g/mol. The van der Waals surface area contributed by atoms with E-state index in [0.717, 1.165) is 35.9 Å². The van der Waals surface area contributed by atoms with E-state index in [1.165, 1.54) is 38.5 Å². The molecule has 1 aliphatic carbocycles. The molecular formula is C25H38N2O4. The van der Waals surface area contributed by atoms with Crippen LogP contribution in [0.15, 0.2) is 18.2 Å². The van der Waals surface area contributed by atoms with Gasteiger partial charge in [-0.1, -0.05) is 38.2 Å². The number of carbonyl (C=O) groups is 2. The molecule has 1 fully saturated rings. The van der Waals surface area contributed by atoms with Crippen LogP contribution in [-0.2, 0) is 16.0 Å². The van der Waals surface area contributed by atoms with E-state index in [0.29, 0.717) is 38.8 Å². The molecule has 31 heavy (non-hydrogen) atoms. The third-order valence-corrected chi connectivity index (χ3v) is 6.40. The Balaban J connectivity index is 1.41. The maximum atomic E-state index is 12.8. The molecule has 1 aromatic rings. The molecule has 0 spiro atoms. The van der Waals surface area contributed by atoms with Crippen molar-refractivity contribution in [2.24, 2.45) is 5.92 Å². The first-order valence-electron chi connectivity index (χ1n) is 12.0. The highest BCUT2D eigenvalue weighted by molar-refractivity contribution is 5.94. The second-order valence-electron chi connectivity index (χ2n) is 9.12. The number of aliphatic hydroxyl groups excluding tert-OH is 1. The molecule has 0 bridgehead atoms. The molecule has 2 N–H and O–H groups in total. The van der Waals surface area contributed by atoms with Crippen LogP contribution in [0.25, 0.3) is 0 Å². The number of hydrogen-bond acceptors (Lipinski definition) is 4. The summed E-state index contributed by atoms with van der Waals surface area (Å²) in [6, 6.07) is 5.69. The Morgan fingerprint density at radius 2 is 2.03 bits per heavy atom. The number of ether oxygens (including phenoxy) is 1. The second kappa shape index (κ2) is 12.1. The molecule has 3 rings (SSSR count). The minimum atomic E-state index is -0.513. The Kier molecular flexibility index (Phi) is 9.19. The number of carbonyl (C=O) groups excluding carboxylic acids is 2. The second-order valence-corrected chi connectivity index (χ2v) is 9.12. The molecule has 0 saturated heterocycles. The van der Waals surface area contributed by atoms with Crippen LogP contribution in [0.1, 0.15) is 76.7 Å². The summed E-state index contributed by atoms with van der Waals surface area (Å²) >= 11 is 0. The summed E-state index contributed by atoms with van der Waals surface area (Å²) in [5.41, 5.74) is 1.86. The highest BCUT2D eigenvalue weighted by Crippen LogP contribution is 2.31. The van der Waals surface area contributed by atoms with Crippen LogP contribution in [0.2, 0.25) is 0 Å². The van der Waals surface area contributed by atoms with E-state index in [1.54, 1.807) is 6.92 Å². The minimum absolute atomic E-state index is 0.0388. The topological polar surface area (TPSA) is 78.9 Å². The van der Waals surface area contributed by atoms with Gasteiger partial charge in [-0.25, -0.2) is 0 Å². The number of nitrogens with zero attached hydrogens (tertiary/aromatic N) is 1. The Bertz CT molecular complexity index is 728. The molecule has 1 heterocycles. The van der Waals surface area contributed by atoms with Crippen molar-refractivity contribution in [1.29, 1.82) is 0 Å². The Morgan fingerprint density at radius 3 is 2.81 bits per heavy atom. The normalized spacial score (nSPS) is 17.5. The fraction of sp³-hybridized carbons (Fsp3) is 0.680. The molecule has 2 amide bonds. The first-order chi connectivity index (χ1) is 15.0. The number of hydrogen-bond donors (Lipinski definition) is 2. The lowest BCUT2D eigenvalue weighted by atomic mass is 9.86. The van der Waals surface area contributed by atoms with Crippen LogP contribution >= 0.6 is 0 Å². The molecule has 1 saturated carbocycles. The Hall–Kier alpha value is -2.08. The predicted octanol–water partition coefficient (Wildman–Crippen LogP) is 4.30. The van der Waals surface area contributed by atoms with Crippen LogP contribution in [-0.4, -0.2) is 47.6 Å². The van der Waals surface area contributed by atoms with Crippen LogP contribution in [0.3, 0.4) is 0 Å². The predicted molar refractivity (Wildman–Crippen MR) is 122 cm³/mol. The fourth-order valence-corrected chi connectivity index (χ4v) is 4.77. The van der Waals surface area contributed by atoms with Crippen molar-refractivity contribution in [3.05, 3.63) is 23.8 Å². The van der Waals surface area contributed by atoms with Gasteiger partial charge in [0.2, 0.25) is 11.8 Å². The van der Waals surface area contributed by atoms with Gasteiger partial charge in [0.05, 0.1) is 12.7 Å². The van der Waals surface area contributed by atoms with Crippen LogP contribution in [0.5, 0.6) is 5.75 Å². The van der Waals surface area contributed by atoms with Gasteiger partial charge in [0.15, 0.2) is 0 Å². The summed E-state index contributed by atoms with van der Waals surface area (Å²) in [4.78, 5) is 26.1. The number of amides is 2. The largest absolute Gasteiger partial charge is 0.493 e. The lowest BCUT2D eigenvalue weighted by molar-refractivity contribution is -0.132. The van der Waals surface area contributed by atoms with Gasteiger partial charge in [-0.2, -0.15) is 0 Å². The third kappa shape index (κ3) is 7.53. The molecule has 2 aliphatic rings. The molecule has 6 heteroatoms. The molecule has 1 aromatic carbocycles. The quantitative estimate of drug-likeness (QED) is 0.513. The van der Waals surface area contributed by atoms with Crippen LogP contribution in [0, 0.1) is 5.92 Å². The molecule has 0 aromatic heterocycles. The Labute approximate surface area is 186 Å². The zero-order valence-corrected chi connectivity index (χ0v) is 18.9.